The predicted octanol–water partition coefficient (Wildman–Crippen LogP) is 3.60. The third-order valence-corrected chi connectivity index (χ3v) is 6.30. The molecule has 3 heterocycles. The van der Waals surface area contributed by atoms with Crippen LogP contribution in [0.15, 0.2) is 66.8 Å². The molecule has 2 aromatic heterocycles. The summed E-state index contributed by atoms with van der Waals surface area (Å²) in [7, 11) is 0. The van der Waals surface area contributed by atoms with Crippen LogP contribution in [0.4, 0.5) is 0 Å². The number of carbonyl (C=O) groups excluding carboxylic acids is 2. The molecule has 1 atom stereocenters. The Kier molecular flexibility index (Phi) is 6.23. The Bertz CT molecular complexity index is 1060. The van der Waals surface area contributed by atoms with Crippen LogP contribution in [0.2, 0.25) is 0 Å². The van der Waals surface area contributed by atoms with Crippen molar-refractivity contribution in [2.24, 2.45) is 0 Å². The Labute approximate surface area is 185 Å². The molecule has 2 amide bonds. The summed E-state index contributed by atoms with van der Waals surface area (Å²) in [5.74, 6) is -0.332. The molecule has 0 N–H and O–H groups in total. The van der Waals surface area contributed by atoms with Gasteiger partial charge in [-0.15, -0.1) is 17.9 Å². The summed E-state index contributed by atoms with van der Waals surface area (Å²) >= 11 is 1.69. The number of piperazine rings is 1. The predicted molar refractivity (Wildman–Crippen MR) is 122 cm³/mol. The molecular weight excluding hydrogens is 408 g/mol. The lowest BCUT2D eigenvalue weighted by Crippen LogP contribution is -2.59. The standard InChI is InChI=1S/C24H24N4O2S/c1-3-10-27-11-12-28(23(29)20-16-25-17(2)15-26-20)21(24(27)30)14-18-6-8-19(9-7-18)22-5-4-13-31-22/h3-9,13,15-16,21H,1,10-12,14H2,2H3/t21-/m0/s1. The maximum Gasteiger partial charge on any atom is 0.274 e. The molecule has 0 unspecified atom stereocenters. The van der Waals surface area contributed by atoms with Crippen LogP contribution in [-0.2, 0) is 11.2 Å². The molecule has 7 heteroatoms. The summed E-state index contributed by atoms with van der Waals surface area (Å²) < 4.78 is 0. The van der Waals surface area contributed by atoms with E-state index >= 15 is 0 Å². The van der Waals surface area contributed by atoms with Crippen molar-refractivity contribution in [3.8, 4) is 10.4 Å². The van der Waals surface area contributed by atoms with Gasteiger partial charge in [0.05, 0.1) is 11.9 Å². The van der Waals surface area contributed by atoms with E-state index in [1.807, 2.05) is 25.1 Å². The normalized spacial score (nSPS) is 16.4. The van der Waals surface area contributed by atoms with Gasteiger partial charge in [0.2, 0.25) is 5.91 Å². The van der Waals surface area contributed by atoms with Gasteiger partial charge in [-0.1, -0.05) is 36.4 Å². The van der Waals surface area contributed by atoms with Crippen molar-refractivity contribution < 1.29 is 9.59 Å². The minimum absolute atomic E-state index is 0.0677. The molecule has 4 rings (SSSR count). The number of carbonyl (C=O) groups is 2. The van der Waals surface area contributed by atoms with Crippen LogP contribution >= 0.6 is 11.3 Å². The van der Waals surface area contributed by atoms with Crippen LogP contribution < -0.4 is 0 Å². The van der Waals surface area contributed by atoms with E-state index < -0.39 is 6.04 Å². The number of aromatic nitrogens is 2. The summed E-state index contributed by atoms with van der Waals surface area (Å²) in [4.78, 5) is 39.4. The van der Waals surface area contributed by atoms with Gasteiger partial charge in [0, 0.05) is 37.1 Å². The van der Waals surface area contributed by atoms with Gasteiger partial charge in [-0.05, 0) is 29.5 Å². The number of hydrogen-bond acceptors (Lipinski definition) is 5. The average molecular weight is 433 g/mol. The first-order chi connectivity index (χ1) is 15.1. The van der Waals surface area contributed by atoms with E-state index in [4.69, 9.17) is 0 Å². The van der Waals surface area contributed by atoms with Gasteiger partial charge < -0.3 is 9.80 Å². The molecule has 0 spiro atoms. The van der Waals surface area contributed by atoms with E-state index in [9.17, 15) is 9.59 Å². The molecule has 158 valence electrons. The molecule has 1 saturated heterocycles. The van der Waals surface area contributed by atoms with E-state index in [0.29, 0.717) is 26.1 Å². The minimum atomic E-state index is -0.586. The fourth-order valence-corrected chi connectivity index (χ4v) is 4.47. The van der Waals surface area contributed by atoms with E-state index in [0.717, 1.165) is 16.8 Å². The number of aryl methyl sites for hydroxylation is 1. The van der Waals surface area contributed by atoms with Crippen LogP contribution in [0.25, 0.3) is 10.4 Å². The van der Waals surface area contributed by atoms with E-state index in [2.05, 4.69) is 40.1 Å². The second kappa shape index (κ2) is 9.22. The van der Waals surface area contributed by atoms with Crippen molar-refractivity contribution in [1.82, 2.24) is 19.8 Å². The van der Waals surface area contributed by atoms with Gasteiger partial charge >= 0.3 is 0 Å². The molecule has 0 bridgehead atoms. The summed E-state index contributed by atoms with van der Waals surface area (Å²) in [6.07, 6.45) is 5.21. The maximum absolute atomic E-state index is 13.2. The topological polar surface area (TPSA) is 66.4 Å². The molecular formula is C24H24N4O2S. The monoisotopic (exact) mass is 432 g/mol. The first-order valence-electron chi connectivity index (χ1n) is 10.2. The maximum atomic E-state index is 13.2. The van der Waals surface area contributed by atoms with Gasteiger partial charge in [-0.25, -0.2) is 4.98 Å². The summed E-state index contributed by atoms with van der Waals surface area (Å²) in [5.41, 5.74) is 3.15. The van der Waals surface area contributed by atoms with E-state index in [1.165, 1.54) is 11.1 Å². The number of nitrogens with zero attached hydrogens (tertiary/aromatic N) is 4. The third-order valence-electron chi connectivity index (χ3n) is 5.38. The van der Waals surface area contributed by atoms with Crippen molar-refractivity contribution in [1.29, 1.82) is 0 Å². The zero-order valence-corrected chi connectivity index (χ0v) is 18.2. The molecule has 1 aliphatic rings. The van der Waals surface area contributed by atoms with E-state index in [1.54, 1.807) is 33.4 Å². The number of rotatable bonds is 6. The zero-order chi connectivity index (χ0) is 21.8. The van der Waals surface area contributed by atoms with Gasteiger partial charge in [0.1, 0.15) is 11.7 Å². The minimum Gasteiger partial charge on any atom is -0.335 e. The summed E-state index contributed by atoms with van der Waals surface area (Å²) in [6.45, 7) is 6.97. The van der Waals surface area contributed by atoms with Crippen LogP contribution in [0.3, 0.4) is 0 Å². The number of thiophene rings is 1. The lowest BCUT2D eigenvalue weighted by Gasteiger charge is -2.40. The Morgan fingerprint density at radius 3 is 2.65 bits per heavy atom. The molecule has 0 saturated carbocycles. The van der Waals surface area contributed by atoms with Crippen molar-refractivity contribution in [3.05, 3.63) is 83.8 Å². The van der Waals surface area contributed by atoms with Crippen LogP contribution in [0, 0.1) is 6.92 Å². The molecule has 6 nitrogen and oxygen atoms in total. The fraction of sp³-hybridized carbons (Fsp3) is 0.250. The molecule has 0 radical (unpaired) electrons. The Hall–Kier alpha value is -3.32. The highest BCUT2D eigenvalue weighted by molar-refractivity contribution is 7.13. The fourth-order valence-electron chi connectivity index (χ4n) is 3.74. The lowest BCUT2D eigenvalue weighted by molar-refractivity contribution is -0.139. The zero-order valence-electron chi connectivity index (χ0n) is 17.4. The quantitative estimate of drug-likeness (QED) is 0.559. The SMILES string of the molecule is C=CCN1CCN(C(=O)c2cnc(C)cn2)[C@@H](Cc2ccc(-c3cccs3)cc2)C1=O. The Morgan fingerprint density at radius 2 is 2.00 bits per heavy atom. The second-order valence-electron chi connectivity index (χ2n) is 7.51. The van der Waals surface area contributed by atoms with Crippen LogP contribution in [-0.4, -0.2) is 57.3 Å². The van der Waals surface area contributed by atoms with Gasteiger partial charge in [-0.3, -0.25) is 14.6 Å². The number of benzene rings is 1. The first-order valence-corrected chi connectivity index (χ1v) is 11.1. The number of amides is 2. The molecule has 1 aromatic carbocycles. The summed E-state index contributed by atoms with van der Waals surface area (Å²) in [5, 5.41) is 2.05. The van der Waals surface area contributed by atoms with Gasteiger partial charge in [0.25, 0.3) is 5.91 Å². The number of hydrogen-bond donors (Lipinski definition) is 0. The molecule has 0 aliphatic carbocycles. The van der Waals surface area contributed by atoms with Crippen LogP contribution in [0.1, 0.15) is 21.7 Å². The highest BCUT2D eigenvalue weighted by Crippen LogP contribution is 2.26. The highest BCUT2D eigenvalue weighted by atomic mass is 32.1. The van der Waals surface area contributed by atoms with Gasteiger partial charge in [0.15, 0.2) is 0 Å². The smallest absolute Gasteiger partial charge is 0.274 e. The Morgan fingerprint density at radius 1 is 1.19 bits per heavy atom. The van der Waals surface area contributed by atoms with Gasteiger partial charge in [-0.2, -0.15) is 0 Å². The largest absolute Gasteiger partial charge is 0.335 e. The summed E-state index contributed by atoms with van der Waals surface area (Å²) in [6, 6.07) is 11.7. The lowest BCUT2D eigenvalue weighted by atomic mass is 9.99. The third kappa shape index (κ3) is 4.56. The van der Waals surface area contributed by atoms with Crippen LogP contribution in [0.5, 0.6) is 0 Å². The van der Waals surface area contributed by atoms with Crippen molar-refractivity contribution in [2.45, 2.75) is 19.4 Å². The van der Waals surface area contributed by atoms with Crippen molar-refractivity contribution >= 4 is 23.2 Å². The van der Waals surface area contributed by atoms with Crippen molar-refractivity contribution in [3.63, 3.8) is 0 Å². The molecule has 31 heavy (non-hydrogen) atoms. The Balaban J connectivity index is 1.59. The molecule has 1 aliphatic heterocycles. The molecule has 1 fully saturated rings. The van der Waals surface area contributed by atoms with Crippen molar-refractivity contribution in [2.75, 3.05) is 19.6 Å². The molecule has 3 aromatic rings. The second-order valence-corrected chi connectivity index (χ2v) is 8.46. The van der Waals surface area contributed by atoms with E-state index in [-0.39, 0.29) is 17.5 Å². The first kappa shape index (κ1) is 20.9. The highest BCUT2D eigenvalue weighted by Gasteiger charge is 2.37. The average Bonchev–Trinajstić information content (AvgIpc) is 3.32.